The number of hydrogen-bond donors (Lipinski definition) is 1. The summed E-state index contributed by atoms with van der Waals surface area (Å²) in [4.78, 5) is 25.9. The minimum absolute atomic E-state index is 0.00832. The first-order chi connectivity index (χ1) is 12.5. The van der Waals surface area contributed by atoms with Crippen molar-refractivity contribution in [2.45, 2.75) is 12.8 Å². The summed E-state index contributed by atoms with van der Waals surface area (Å²) < 4.78 is 18.1. The molecule has 0 bridgehead atoms. The van der Waals surface area contributed by atoms with Crippen LogP contribution in [-0.4, -0.2) is 32.0 Å². The second-order valence-electron chi connectivity index (χ2n) is 6.38. The third-order valence-electron chi connectivity index (χ3n) is 4.46. The molecule has 1 fully saturated rings. The van der Waals surface area contributed by atoms with Crippen molar-refractivity contribution < 1.29 is 18.7 Å². The number of carbonyl (C=O) groups excluding carboxylic acids is 2. The molecule has 2 aromatic rings. The maximum Gasteiger partial charge on any atom is 0.227 e. The third kappa shape index (κ3) is 4.39. The van der Waals surface area contributed by atoms with Crippen LogP contribution in [0.1, 0.15) is 12.0 Å². The molecule has 0 aliphatic carbocycles. The molecule has 0 aromatic heterocycles. The molecule has 1 N–H and O–H groups in total. The number of amides is 2. The second kappa shape index (κ2) is 7.99. The molecule has 1 unspecified atom stereocenters. The van der Waals surface area contributed by atoms with Gasteiger partial charge in [-0.15, -0.1) is 0 Å². The van der Waals surface area contributed by atoms with Crippen LogP contribution in [0.2, 0.25) is 0 Å². The highest BCUT2D eigenvalue weighted by Crippen LogP contribution is 2.24. The summed E-state index contributed by atoms with van der Waals surface area (Å²) in [5.74, 6) is 0.378. The van der Waals surface area contributed by atoms with Gasteiger partial charge in [-0.25, -0.2) is 4.39 Å². The van der Waals surface area contributed by atoms with Crippen LogP contribution in [-0.2, 0) is 16.0 Å². The van der Waals surface area contributed by atoms with E-state index in [1.807, 2.05) is 24.3 Å². The summed E-state index contributed by atoms with van der Waals surface area (Å²) in [6, 6.07) is 13.2. The zero-order valence-corrected chi connectivity index (χ0v) is 14.6. The summed E-state index contributed by atoms with van der Waals surface area (Å²) >= 11 is 0. The molecule has 6 heteroatoms. The number of anilines is 1. The fraction of sp³-hybridized carbons (Fsp3) is 0.300. The molecular weight excluding hydrogens is 335 g/mol. The van der Waals surface area contributed by atoms with Crippen molar-refractivity contribution in [3.05, 3.63) is 59.9 Å². The summed E-state index contributed by atoms with van der Waals surface area (Å²) in [7, 11) is 1.60. The Hall–Kier alpha value is -2.89. The van der Waals surface area contributed by atoms with Gasteiger partial charge in [0, 0.05) is 31.1 Å². The summed E-state index contributed by atoms with van der Waals surface area (Å²) in [6.45, 7) is 0.964. The Morgan fingerprint density at radius 2 is 1.88 bits per heavy atom. The summed E-state index contributed by atoms with van der Waals surface area (Å²) in [5.41, 5.74) is 1.59. The van der Waals surface area contributed by atoms with Crippen molar-refractivity contribution in [2.24, 2.45) is 5.92 Å². The van der Waals surface area contributed by atoms with E-state index in [0.29, 0.717) is 25.2 Å². The van der Waals surface area contributed by atoms with E-state index >= 15 is 0 Å². The summed E-state index contributed by atoms with van der Waals surface area (Å²) in [5, 5.41) is 2.89. The van der Waals surface area contributed by atoms with Gasteiger partial charge in [-0.1, -0.05) is 12.1 Å². The average molecular weight is 356 g/mol. The lowest BCUT2D eigenvalue weighted by Crippen LogP contribution is -2.32. The van der Waals surface area contributed by atoms with E-state index in [-0.39, 0.29) is 30.0 Å². The summed E-state index contributed by atoms with van der Waals surface area (Å²) in [6.07, 6.45) is 0.659. The molecule has 0 saturated carbocycles. The number of nitrogens with zero attached hydrogens (tertiary/aromatic N) is 1. The highest BCUT2D eigenvalue weighted by atomic mass is 19.1. The predicted molar refractivity (Wildman–Crippen MR) is 96.6 cm³/mol. The molecule has 1 aliphatic rings. The van der Waals surface area contributed by atoms with Crippen LogP contribution in [0.25, 0.3) is 0 Å². The van der Waals surface area contributed by atoms with Crippen molar-refractivity contribution in [3.63, 3.8) is 0 Å². The Bertz CT molecular complexity index is 775. The molecule has 1 aliphatic heterocycles. The van der Waals surface area contributed by atoms with Gasteiger partial charge in [0.2, 0.25) is 11.8 Å². The van der Waals surface area contributed by atoms with E-state index in [1.165, 1.54) is 12.1 Å². The van der Waals surface area contributed by atoms with Gasteiger partial charge in [0.15, 0.2) is 0 Å². The normalized spacial score (nSPS) is 16.6. The number of benzene rings is 2. The number of ether oxygens (including phenoxy) is 1. The maximum absolute atomic E-state index is 13.0. The lowest BCUT2D eigenvalue weighted by molar-refractivity contribution is -0.121. The van der Waals surface area contributed by atoms with E-state index in [1.54, 1.807) is 24.1 Å². The van der Waals surface area contributed by atoms with Gasteiger partial charge in [0.1, 0.15) is 11.6 Å². The van der Waals surface area contributed by atoms with Crippen LogP contribution in [0.15, 0.2) is 48.5 Å². The number of methoxy groups -OCH3 is 1. The molecule has 5 nitrogen and oxygen atoms in total. The quantitative estimate of drug-likeness (QED) is 0.865. The van der Waals surface area contributed by atoms with E-state index in [2.05, 4.69) is 5.32 Å². The van der Waals surface area contributed by atoms with Crippen molar-refractivity contribution in [2.75, 3.05) is 25.1 Å². The molecule has 0 radical (unpaired) electrons. The highest BCUT2D eigenvalue weighted by molar-refractivity contribution is 5.95. The van der Waals surface area contributed by atoms with Crippen molar-refractivity contribution in [1.82, 2.24) is 5.32 Å². The molecule has 0 spiro atoms. The number of rotatable bonds is 6. The number of carbonyl (C=O) groups is 2. The van der Waals surface area contributed by atoms with E-state index < -0.39 is 0 Å². The highest BCUT2D eigenvalue weighted by Gasteiger charge is 2.30. The van der Waals surface area contributed by atoms with Gasteiger partial charge < -0.3 is 15.0 Å². The Morgan fingerprint density at radius 1 is 1.19 bits per heavy atom. The maximum atomic E-state index is 13.0. The monoisotopic (exact) mass is 356 g/mol. The lowest BCUT2D eigenvalue weighted by Gasteiger charge is -2.17. The molecule has 1 atom stereocenters. The first kappa shape index (κ1) is 17.9. The first-order valence-corrected chi connectivity index (χ1v) is 8.50. The Kier molecular flexibility index (Phi) is 5.51. The van der Waals surface area contributed by atoms with Crippen molar-refractivity contribution >= 4 is 17.5 Å². The van der Waals surface area contributed by atoms with Gasteiger partial charge >= 0.3 is 0 Å². The number of hydrogen-bond acceptors (Lipinski definition) is 3. The fourth-order valence-electron chi connectivity index (χ4n) is 3.04. The minimum atomic E-state index is -0.331. The van der Waals surface area contributed by atoms with Crippen molar-refractivity contribution in [3.8, 4) is 5.75 Å². The Labute approximate surface area is 151 Å². The topological polar surface area (TPSA) is 58.6 Å². The van der Waals surface area contributed by atoms with Crippen LogP contribution in [0.4, 0.5) is 10.1 Å². The molecule has 26 heavy (non-hydrogen) atoms. The smallest absolute Gasteiger partial charge is 0.227 e. The van der Waals surface area contributed by atoms with E-state index in [9.17, 15) is 14.0 Å². The molecule has 136 valence electrons. The van der Waals surface area contributed by atoms with Crippen LogP contribution in [0.3, 0.4) is 0 Å². The predicted octanol–water partition coefficient (Wildman–Crippen LogP) is 2.55. The van der Waals surface area contributed by atoms with Gasteiger partial charge in [0.05, 0.1) is 13.5 Å². The molecular formula is C20H21FN2O3. The van der Waals surface area contributed by atoms with Gasteiger partial charge in [-0.2, -0.15) is 0 Å². The van der Waals surface area contributed by atoms with Crippen molar-refractivity contribution in [1.29, 1.82) is 0 Å². The van der Waals surface area contributed by atoms with Crippen LogP contribution < -0.4 is 15.0 Å². The molecule has 2 amide bonds. The van der Waals surface area contributed by atoms with Gasteiger partial charge in [-0.3, -0.25) is 9.59 Å². The van der Waals surface area contributed by atoms with E-state index in [0.717, 1.165) is 11.3 Å². The lowest BCUT2D eigenvalue weighted by atomic mass is 10.1. The standard InChI is InChI=1S/C20H21FN2O3/c1-26-18-8-2-14(3-9-18)10-19(24)22-12-15-11-20(25)23(13-15)17-6-4-16(21)5-7-17/h2-9,15H,10-13H2,1H3,(H,22,24). The first-order valence-electron chi connectivity index (χ1n) is 8.50. The molecule has 2 aromatic carbocycles. The molecule has 1 saturated heterocycles. The number of nitrogens with one attached hydrogen (secondary N) is 1. The van der Waals surface area contributed by atoms with Crippen LogP contribution in [0, 0.1) is 11.7 Å². The van der Waals surface area contributed by atoms with Crippen LogP contribution >= 0.6 is 0 Å². The zero-order valence-electron chi connectivity index (χ0n) is 14.6. The average Bonchev–Trinajstić information content (AvgIpc) is 3.02. The van der Waals surface area contributed by atoms with E-state index in [4.69, 9.17) is 4.74 Å². The van der Waals surface area contributed by atoms with Gasteiger partial charge in [0.25, 0.3) is 0 Å². The molecule has 3 rings (SSSR count). The SMILES string of the molecule is COc1ccc(CC(=O)NCC2CC(=O)N(c3ccc(F)cc3)C2)cc1. The Balaban J connectivity index is 1.49. The third-order valence-corrected chi connectivity index (χ3v) is 4.46. The zero-order chi connectivity index (χ0) is 18.5. The minimum Gasteiger partial charge on any atom is -0.497 e. The van der Waals surface area contributed by atoms with Crippen LogP contribution in [0.5, 0.6) is 5.75 Å². The second-order valence-corrected chi connectivity index (χ2v) is 6.38. The largest absolute Gasteiger partial charge is 0.497 e. The van der Waals surface area contributed by atoms with Gasteiger partial charge in [-0.05, 0) is 42.0 Å². The number of halogens is 1. The fourth-order valence-corrected chi connectivity index (χ4v) is 3.04. The Morgan fingerprint density at radius 3 is 2.54 bits per heavy atom. The molecule has 1 heterocycles.